The van der Waals surface area contributed by atoms with Crippen LogP contribution in [0.25, 0.3) is 10.1 Å². The molecule has 0 radical (unpaired) electrons. The van der Waals surface area contributed by atoms with Gasteiger partial charge in [-0.3, -0.25) is 0 Å². The zero-order valence-electron chi connectivity index (χ0n) is 9.24. The van der Waals surface area contributed by atoms with Crippen molar-refractivity contribution in [2.24, 2.45) is 0 Å². The maximum atomic E-state index is 11.5. The maximum Gasteiger partial charge on any atom is 0.350 e. The lowest BCUT2D eigenvalue weighted by molar-refractivity contribution is 0.0607. The molecule has 0 amide bonds. The predicted molar refractivity (Wildman–Crippen MR) is 71.8 cm³/mol. The summed E-state index contributed by atoms with van der Waals surface area (Å²) in [5.41, 5.74) is 6.36. The number of rotatable bonds is 2. The average Bonchev–Trinajstić information content (AvgIpc) is 2.66. The van der Waals surface area contributed by atoms with Gasteiger partial charge in [0.25, 0.3) is 0 Å². The summed E-state index contributed by atoms with van der Waals surface area (Å²) in [6.45, 7) is 0. The van der Waals surface area contributed by atoms with Crippen LogP contribution in [0.3, 0.4) is 0 Å². The molecule has 90 valence electrons. The standard InChI is InChI=1S/C11H10BrNO3S/c1-15-8-6(12)4-3-5-7(13)10(11(14)16-2)17-9(5)8/h3-4H,13H2,1-2H3. The van der Waals surface area contributed by atoms with Gasteiger partial charge in [-0.15, -0.1) is 11.3 Å². The summed E-state index contributed by atoms with van der Waals surface area (Å²) in [5.74, 6) is 0.247. The molecule has 0 atom stereocenters. The number of fused-ring (bicyclic) bond motifs is 1. The van der Waals surface area contributed by atoms with Gasteiger partial charge in [0.1, 0.15) is 4.88 Å². The number of thiophene rings is 1. The van der Waals surface area contributed by atoms with Crippen LogP contribution in [-0.4, -0.2) is 20.2 Å². The number of benzene rings is 1. The van der Waals surface area contributed by atoms with Gasteiger partial charge in [-0.05, 0) is 22.0 Å². The molecular formula is C11H10BrNO3S. The molecular weight excluding hydrogens is 306 g/mol. The number of nitrogens with two attached hydrogens (primary N) is 1. The summed E-state index contributed by atoms with van der Waals surface area (Å²) < 4.78 is 11.6. The van der Waals surface area contributed by atoms with Crippen LogP contribution in [0.5, 0.6) is 5.75 Å². The van der Waals surface area contributed by atoms with E-state index in [0.29, 0.717) is 16.3 Å². The number of carbonyl (C=O) groups is 1. The van der Waals surface area contributed by atoms with Crippen LogP contribution in [0.1, 0.15) is 9.67 Å². The minimum atomic E-state index is -0.429. The molecule has 0 fully saturated rings. The lowest BCUT2D eigenvalue weighted by atomic mass is 10.2. The maximum absolute atomic E-state index is 11.5. The van der Waals surface area contributed by atoms with E-state index in [1.165, 1.54) is 18.4 Å². The Labute approximate surface area is 110 Å². The summed E-state index contributed by atoms with van der Waals surface area (Å²) in [6, 6.07) is 3.69. The zero-order chi connectivity index (χ0) is 12.6. The van der Waals surface area contributed by atoms with E-state index in [-0.39, 0.29) is 0 Å². The van der Waals surface area contributed by atoms with E-state index in [9.17, 15) is 4.79 Å². The molecule has 1 aromatic carbocycles. The van der Waals surface area contributed by atoms with Gasteiger partial charge in [0.05, 0.1) is 29.1 Å². The van der Waals surface area contributed by atoms with Crippen molar-refractivity contribution in [3.05, 3.63) is 21.5 Å². The number of nitrogen functional groups attached to an aromatic ring is 1. The molecule has 17 heavy (non-hydrogen) atoms. The molecule has 1 heterocycles. The number of anilines is 1. The Balaban J connectivity index is 2.77. The summed E-state index contributed by atoms with van der Waals surface area (Å²) in [5, 5.41) is 0.801. The molecule has 2 N–H and O–H groups in total. The summed E-state index contributed by atoms with van der Waals surface area (Å²) in [6.07, 6.45) is 0. The molecule has 4 nitrogen and oxygen atoms in total. The van der Waals surface area contributed by atoms with Gasteiger partial charge in [-0.25, -0.2) is 4.79 Å². The van der Waals surface area contributed by atoms with E-state index < -0.39 is 5.97 Å². The highest BCUT2D eigenvalue weighted by molar-refractivity contribution is 9.10. The Morgan fingerprint density at radius 3 is 2.71 bits per heavy atom. The molecule has 0 saturated heterocycles. The first-order valence-corrected chi connectivity index (χ1v) is 6.33. The largest absolute Gasteiger partial charge is 0.494 e. The number of halogens is 1. The van der Waals surface area contributed by atoms with Gasteiger partial charge in [0.15, 0.2) is 5.75 Å². The van der Waals surface area contributed by atoms with Crippen molar-refractivity contribution in [3.8, 4) is 5.75 Å². The minimum absolute atomic E-state index is 0.402. The second kappa shape index (κ2) is 4.54. The van der Waals surface area contributed by atoms with Crippen LogP contribution in [0.15, 0.2) is 16.6 Å². The fraction of sp³-hybridized carbons (Fsp3) is 0.182. The Hall–Kier alpha value is -1.27. The first-order valence-electron chi connectivity index (χ1n) is 4.73. The van der Waals surface area contributed by atoms with Crippen molar-refractivity contribution in [2.45, 2.75) is 0 Å². The monoisotopic (exact) mass is 315 g/mol. The molecule has 0 aliphatic heterocycles. The van der Waals surface area contributed by atoms with E-state index in [1.807, 2.05) is 12.1 Å². The highest BCUT2D eigenvalue weighted by atomic mass is 79.9. The molecule has 1 aromatic heterocycles. The Bertz CT molecular complexity index is 594. The van der Waals surface area contributed by atoms with Gasteiger partial charge in [0, 0.05) is 5.39 Å². The third-order valence-corrected chi connectivity index (χ3v) is 4.20. The lowest BCUT2D eigenvalue weighted by Crippen LogP contribution is -2.01. The van der Waals surface area contributed by atoms with Gasteiger partial charge in [-0.1, -0.05) is 6.07 Å². The highest BCUT2D eigenvalue weighted by Crippen LogP contribution is 2.43. The van der Waals surface area contributed by atoms with Gasteiger partial charge >= 0.3 is 5.97 Å². The number of hydrogen-bond acceptors (Lipinski definition) is 5. The van der Waals surface area contributed by atoms with Crippen LogP contribution < -0.4 is 10.5 Å². The van der Waals surface area contributed by atoms with Crippen molar-refractivity contribution in [3.63, 3.8) is 0 Å². The van der Waals surface area contributed by atoms with Crippen molar-refractivity contribution < 1.29 is 14.3 Å². The first kappa shape index (κ1) is 12.2. The van der Waals surface area contributed by atoms with E-state index in [4.69, 9.17) is 10.5 Å². The second-order valence-electron chi connectivity index (χ2n) is 3.29. The molecule has 0 aliphatic rings. The van der Waals surface area contributed by atoms with Crippen LogP contribution >= 0.6 is 27.3 Å². The van der Waals surface area contributed by atoms with Crippen molar-refractivity contribution in [2.75, 3.05) is 20.0 Å². The van der Waals surface area contributed by atoms with Crippen LogP contribution in [0.4, 0.5) is 5.69 Å². The lowest BCUT2D eigenvalue weighted by Gasteiger charge is -2.03. The number of methoxy groups -OCH3 is 2. The summed E-state index contributed by atoms with van der Waals surface area (Å²) >= 11 is 4.66. The molecule has 0 spiro atoms. The van der Waals surface area contributed by atoms with Gasteiger partial charge in [0.2, 0.25) is 0 Å². The molecule has 0 aliphatic carbocycles. The van der Waals surface area contributed by atoms with Gasteiger partial charge in [-0.2, -0.15) is 0 Å². The molecule has 2 aromatic rings. The molecule has 6 heteroatoms. The summed E-state index contributed by atoms with van der Waals surface area (Å²) in [4.78, 5) is 11.9. The number of hydrogen-bond donors (Lipinski definition) is 1. The van der Waals surface area contributed by atoms with E-state index in [2.05, 4.69) is 20.7 Å². The third kappa shape index (κ3) is 1.87. The van der Waals surface area contributed by atoms with Crippen molar-refractivity contribution >= 4 is 49.0 Å². The normalized spacial score (nSPS) is 10.5. The first-order chi connectivity index (χ1) is 8.10. The third-order valence-electron chi connectivity index (χ3n) is 2.38. The summed E-state index contributed by atoms with van der Waals surface area (Å²) in [7, 11) is 2.91. The van der Waals surface area contributed by atoms with Crippen LogP contribution in [-0.2, 0) is 4.74 Å². The predicted octanol–water partition coefficient (Wildman–Crippen LogP) is 3.04. The minimum Gasteiger partial charge on any atom is -0.494 e. The smallest absolute Gasteiger partial charge is 0.350 e. The Morgan fingerprint density at radius 2 is 2.12 bits per heavy atom. The van der Waals surface area contributed by atoms with E-state index in [0.717, 1.165) is 14.6 Å². The molecule has 2 rings (SSSR count). The molecule has 0 bridgehead atoms. The zero-order valence-corrected chi connectivity index (χ0v) is 11.6. The van der Waals surface area contributed by atoms with Crippen LogP contribution in [0, 0.1) is 0 Å². The second-order valence-corrected chi connectivity index (χ2v) is 5.17. The van der Waals surface area contributed by atoms with E-state index in [1.54, 1.807) is 7.11 Å². The highest BCUT2D eigenvalue weighted by Gasteiger charge is 2.20. The number of carbonyl (C=O) groups excluding carboxylic acids is 1. The van der Waals surface area contributed by atoms with Gasteiger partial charge < -0.3 is 15.2 Å². The topological polar surface area (TPSA) is 61.5 Å². The van der Waals surface area contributed by atoms with Crippen LogP contribution in [0.2, 0.25) is 0 Å². The fourth-order valence-electron chi connectivity index (χ4n) is 1.57. The fourth-order valence-corrected chi connectivity index (χ4v) is 3.35. The quantitative estimate of drug-likeness (QED) is 0.865. The number of esters is 1. The Morgan fingerprint density at radius 1 is 1.41 bits per heavy atom. The van der Waals surface area contributed by atoms with Crippen molar-refractivity contribution in [1.82, 2.24) is 0 Å². The van der Waals surface area contributed by atoms with E-state index >= 15 is 0 Å². The number of ether oxygens (including phenoxy) is 2. The Kier molecular flexibility index (Phi) is 3.26. The molecule has 0 unspecified atom stereocenters. The SMILES string of the molecule is COC(=O)c1sc2c(OC)c(Br)ccc2c1N. The average molecular weight is 316 g/mol. The molecule has 0 saturated carbocycles. The van der Waals surface area contributed by atoms with Crippen molar-refractivity contribution in [1.29, 1.82) is 0 Å².